The van der Waals surface area contributed by atoms with Crippen molar-refractivity contribution in [2.75, 3.05) is 0 Å². The summed E-state index contributed by atoms with van der Waals surface area (Å²) in [6, 6.07) is 7.70. The van der Waals surface area contributed by atoms with Crippen molar-refractivity contribution in [2.24, 2.45) is 5.73 Å². The fraction of sp³-hybridized carbons (Fsp3) is 0.533. The van der Waals surface area contributed by atoms with Crippen molar-refractivity contribution >= 4 is 17.5 Å². The van der Waals surface area contributed by atoms with E-state index in [0.717, 1.165) is 23.4 Å². The second-order valence-corrected chi connectivity index (χ2v) is 5.81. The standard InChI is InChI=1S/C15H23ClN2O/c1-4-9-15(3,17)14(19)18-11(2)10-12-5-7-13(16)8-6-12/h5-8,11H,4,9-10,17H2,1-3H3,(H,18,19). The van der Waals surface area contributed by atoms with E-state index in [1.807, 2.05) is 38.1 Å². The van der Waals surface area contributed by atoms with Crippen LogP contribution >= 0.6 is 11.6 Å². The lowest BCUT2D eigenvalue weighted by atomic mass is 9.95. The average Bonchev–Trinajstić information content (AvgIpc) is 2.32. The molecule has 3 nitrogen and oxygen atoms in total. The number of amides is 1. The highest BCUT2D eigenvalue weighted by molar-refractivity contribution is 6.30. The Hall–Kier alpha value is -1.06. The third kappa shape index (κ3) is 5.21. The van der Waals surface area contributed by atoms with Gasteiger partial charge in [0.15, 0.2) is 0 Å². The van der Waals surface area contributed by atoms with E-state index in [9.17, 15) is 4.79 Å². The van der Waals surface area contributed by atoms with Crippen molar-refractivity contribution < 1.29 is 4.79 Å². The minimum absolute atomic E-state index is 0.0495. The fourth-order valence-electron chi connectivity index (χ4n) is 2.05. The highest BCUT2D eigenvalue weighted by Gasteiger charge is 2.27. The van der Waals surface area contributed by atoms with E-state index >= 15 is 0 Å². The van der Waals surface area contributed by atoms with E-state index < -0.39 is 5.54 Å². The molecule has 19 heavy (non-hydrogen) atoms. The highest BCUT2D eigenvalue weighted by Crippen LogP contribution is 2.12. The molecule has 0 saturated carbocycles. The lowest BCUT2D eigenvalue weighted by molar-refractivity contribution is -0.126. The van der Waals surface area contributed by atoms with Crippen molar-refractivity contribution in [3.63, 3.8) is 0 Å². The Morgan fingerprint density at radius 1 is 1.42 bits per heavy atom. The summed E-state index contributed by atoms with van der Waals surface area (Å²) >= 11 is 5.84. The molecule has 0 aliphatic carbocycles. The number of nitrogens with one attached hydrogen (secondary N) is 1. The molecule has 0 aromatic heterocycles. The van der Waals surface area contributed by atoms with Crippen molar-refractivity contribution in [3.8, 4) is 0 Å². The summed E-state index contributed by atoms with van der Waals surface area (Å²) in [4.78, 5) is 12.1. The van der Waals surface area contributed by atoms with Crippen molar-refractivity contribution in [1.29, 1.82) is 0 Å². The Morgan fingerprint density at radius 3 is 2.53 bits per heavy atom. The first-order valence-electron chi connectivity index (χ1n) is 6.69. The van der Waals surface area contributed by atoms with Gasteiger partial charge in [-0.1, -0.05) is 37.1 Å². The molecule has 2 atom stereocenters. The Kier molecular flexibility index (Phi) is 5.83. The van der Waals surface area contributed by atoms with Crippen LogP contribution in [0.2, 0.25) is 5.02 Å². The van der Waals surface area contributed by atoms with Crippen molar-refractivity contribution in [1.82, 2.24) is 5.32 Å². The maximum Gasteiger partial charge on any atom is 0.240 e. The number of hydrogen-bond acceptors (Lipinski definition) is 2. The SMILES string of the molecule is CCCC(C)(N)C(=O)NC(C)Cc1ccc(Cl)cc1. The van der Waals surface area contributed by atoms with Gasteiger partial charge in [-0.3, -0.25) is 4.79 Å². The van der Waals surface area contributed by atoms with Crippen LogP contribution in [0.5, 0.6) is 0 Å². The molecule has 4 heteroatoms. The minimum atomic E-state index is -0.789. The lowest BCUT2D eigenvalue weighted by Crippen LogP contribution is -2.53. The Labute approximate surface area is 120 Å². The van der Waals surface area contributed by atoms with Crippen LogP contribution in [-0.4, -0.2) is 17.5 Å². The van der Waals surface area contributed by atoms with E-state index in [2.05, 4.69) is 5.32 Å². The van der Waals surface area contributed by atoms with Gasteiger partial charge in [0.05, 0.1) is 5.54 Å². The quantitative estimate of drug-likeness (QED) is 0.843. The summed E-state index contributed by atoms with van der Waals surface area (Å²) in [6.07, 6.45) is 2.35. The van der Waals surface area contributed by atoms with Crippen molar-refractivity contribution in [2.45, 2.75) is 51.6 Å². The first-order chi connectivity index (χ1) is 8.85. The van der Waals surface area contributed by atoms with E-state index in [0.29, 0.717) is 6.42 Å². The third-order valence-electron chi connectivity index (χ3n) is 3.12. The summed E-state index contributed by atoms with van der Waals surface area (Å²) < 4.78 is 0. The molecule has 2 unspecified atom stereocenters. The van der Waals surface area contributed by atoms with Crippen LogP contribution in [0.25, 0.3) is 0 Å². The van der Waals surface area contributed by atoms with Crippen LogP contribution in [0, 0.1) is 0 Å². The highest BCUT2D eigenvalue weighted by atomic mass is 35.5. The molecule has 106 valence electrons. The molecule has 0 fully saturated rings. The first kappa shape index (κ1) is 16.0. The van der Waals surface area contributed by atoms with Gasteiger partial charge in [-0.05, 0) is 44.4 Å². The molecule has 0 aliphatic rings. The van der Waals surface area contributed by atoms with Gasteiger partial charge in [-0.25, -0.2) is 0 Å². The normalized spacial score (nSPS) is 15.6. The number of carbonyl (C=O) groups is 1. The number of benzene rings is 1. The zero-order valence-electron chi connectivity index (χ0n) is 11.9. The number of hydrogen-bond donors (Lipinski definition) is 2. The zero-order chi connectivity index (χ0) is 14.5. The van der Waals surface area contributed by atoms with Gasteiger partial charge < -0.3 is 11.1 Å². The summed E-state index contributed by atoms with van der Waals surface area (Å²) in [5.41, 5.74) is 6.36. The molecule has 0 radical (unpaired) electrons. The van der Waals surface area contributed by atoms with Crippen LogP contribution < -0.4 is 11.1 Å². The van der Waals surface area contributed by atoms with E-state index in [-0.39, 0.29) is 11.9 Å². The van der Waals surface area contributed by atoms with Crippen LogP contribution in [0.1, 0.15) is 39.2 Å². The first-order valence-corrected chi connectivity index (χ1v) is 7.07. The van der Waals surface area contributed by atoms with Gasteiger partial charge in [0.1, 0.15) is 0 Å². The molecule has 1 amide bonds. The van der Waals surface area contributed by atoms with Crippen molar-refractivity contribution in [3.05, 3.63) is 34.9 Å². The number of nitrogens with two attached hydrogens (primary N) is 1. The molecule has 0 heterocycles. The van der Waals surface area contributed by atoms with Gasteiger partial charge in [0.25, 0.3) is 0 Å². The molecular formula is C15H23ClN2O. The van der Waals surface area contributed by atoms with Gasteiger partial charge in [0.2, 0.25) is 5.91 Å². The predicted molar refractivity (Wildman–Crippen MR) is 80.3 cm³/mol. The second-order valence-electron chi connectivity index (χ2n) is 5.37. The monoisotopic (exact) mass is 282 g/mol. The maximum atomic E-state index is 12.1. The molecule has 0 saturated heterocycles. The van der Waals surface area contributed by atoms with E-state index in [1.54, 1.807) is 6.92 Å². The topological polar surface area (TPSA) is 55.1 Å². The summed E-state index contributed by atoms with van der Waals surface area (Å²) in [5, 5.41) is 3.69. The molecule has 1 aromatic rings. The van der Waals surface area contributed by atoms with Crippen LogP contribution in [0.4, 0.5) is 0 Å². The smallest absolute Gasteiger partial charge is 0.240 e. The summed E-state index contributed by atoms with van der Waals surface area (Å²) in [7, 11) is 0. The summed E-state index contributed by atoms with van der Waals surface area (Å²) in [5.74, 6) is -0.0872. The van der Waals surface area contributed by atoms with Gasteiger partial charge in [-0.15, -0.1) is 0 Å². The van der Waals surface area contributed by atoms with Crippen LogP contribution in [0.3, 0.4) is 0 Å². The Morgan fingerprint density at radius 2 is 2.00 bits per heavy atom. The molecule has 0 bridgehead atoms. The number of carbonyl (C=O) groups excluding carboxylic acids is 1. The van der Waals surface area contributed by atoms with Gasteiger partial charge >= 0.3 is 0 Å². The summed E-state index contributed by atoms with van der Waals surface area (Å²) in [6.45, 7) is 5.78. The molecule has 3 N–H and O–H groups in total. The molecule has 0 aliphatic heterocycles. The number of rotatable bonds is 6. The maximum absolute atomic E-state index is 12.1. The van der Waals surface area contributed by atoms with Crippen LogP contribution in [-0.2, 0) is 11.2 Å². The number of halogens is 1. The fourth-order valence-corrected chi connectivity index (χ4v) is 2.17. The second kappa shape index (κ2) is 6.92. The molecule has 1 aromatic carbocycles. The lowest BCUT2D eigenvalue weighted by Gasteiger charge is -2.25. The third-order valence-corrected chi connectivity index (χ3v) is 3.37. The van der Waals surface area contributed by atoms with E-state index in [4.69, 9.17) is 17.3 Å². The molecule has 0 spiro atoms. The largest absolute Gasteiger partial charge is 0.352 e. The molecule has 1 rings (SSSR count). The minimum Gasteiger partial charge on any atom is -0.352 e. The zero-order valence-corrected chi connectivity index (χ0v) is 12.6. The van der Waals surface area contributed by atoms with Gasteiger partial charge in [-0.2, -0.15) is 0 Å². The Balaban J connectivity index is 2.53. The molecular weight excluding hydrogens is 260 g/mol. The predicted octanol–water partition coefficient (Wildman–Crippen LogP) is 2.90. The average molecular weight is 283 g/mol. The van der Waals surface area contributed by atoms with Crippen LogP contribution in [0.15, 0.2) is 24.3 Å². The van der Waals surface area contributed by atoms with Gasteiger partial charge in [0, 0.05) is 11.1 Å². The Bertz CT molecular complexity index is 415. The van der Waals surface area contributed by atoms with E-state index in [1.165, 1.54) is 0 Å².